The molecule has 0 spiro atoms. The lowest BCUT2D eigenvalue weighted by molar-refractivity contribution is -0.119. The number of carbonyl (C=O) groups is 1. The summed E-state index contributed by atoms with van der Waals surface area (Å²) < 4.78 is 4.97. The van der Waals surface area contributed by atoms with E-state index in [9.17, 15) is 4.79 Å². The monoisotopic (exact) mass is 266 g/mol. The Kier molecular flexibility index (Phi) is 5.27. The van der Waals surface area contributed by atoms with Crippen molar-refractivity contribution in [3.8, 4) is 0 Å². The van der Waals surface area contributed by atoms with Gasteiger partial charge in [-0.1, -0.05) is 60.7 Å². The lowest BCUT2D eigenvalue weighted by Gasteiger charge is -2.07. The highest BCUT2D eigenvalue weighted by Gasteiger charge is 2.10. The van der Waals surface area contributed by atoms with Crippen molar-refractivity contribution in [2.75, 3.05) is 13.7 Å². The van der Waals surface area contributed by atoms with Gasteiger partial charge in [0.2, 0.25) is 0 Å². The van der Waals surface area contributed by atoms with Crippen LogP contribution in [-0.4, -0.2) is 19.5 Å². The normalized spacial score (nSPS) is 11.3. The van der Waals surface area contributed by atoms with E-state index in [0.717, 1.165) is 16.7 Å². The molecule has 0 aliphatic carbocycles. The molecule has 0 fully saturated rings. The van der Waals surface area contributed by atoms with Crippen LogP contribution in [-0.2, 0) is 16.0 Å². The summed E-state index contributed by atoms with van der Waals surface area (Å²) >= 11 is 0. The standard InChI is InChI=1S/C18H18O2/c1-20-14-18(19)17(12-15-8-4-2-5-9-15)13-16-10-6-3-7-11-16/h2-12H,13-14H2,1H3. The van der Waals surface area contributed by atoms with Crippen LogP contribution < -0.4 is 0 Å². The van der Waals surface area contributed by atoms with Crippen molar-refractivity contribution < 1.29 is 9.53 Å². The highest BCUT2D eigenvalue weighted by atomic mass is 16.5. The third-order valence-electron chi connectivity index (χ3n) is 3.01. The Bertz CT molecular complexity index is 571. The number of Topliss-reactive ketones (excluding diaryl/α,β-unsaturated/α-hetero) is 1. The lowest BCUT2D eigenvalue weighted by atomic mass is 9.99. The van der Waals surface area contributed by atoms with Crippen LogP contribution in [0.3, 0.4) is 0 Å². The number of methoxy groups -OCH3 is 1. The maximum atomic E-state index is 12.2. The van der Waals surface area contributed by atoms with Gasteiger partial charge in [-0.05, 0) is 17.2 Å². The summed E-state index contributed by atoms with van der Waals surface area (Å²) in [4.78, 5) is 12.2. The third-order valence-corrected chi connectivity index (χ3v) is 3.01. The van der Waals surface area contributed by atoms with Crippen LogP contribution in [0, 0.1) is 0 Å². The van der Waals surface area contributed by atoms with E-state index < -0.39 is 0 Å². The van der Waals surface area contributed by atoms with Crippen molar-refractivity contribution >= 4 is 11.9 Å². The van der Waals surface area contributed by atoms with Gasteiger partial charge in [-0.3, -0.25) is 4.79 Å². The molecule has 0 N–H and O–H groups in total. The summed E-state index contributed by atoms with van der Waals surface area (Å²) in [6, 6.07) is 19.9. The van der Waals surface area contributed by atoms with Gasteiger partial charge >= 0.3 is 0 Å². The van der Waals surface area contributed by atoms with E-state index in [1.54, 1.807) is 7.11 Å². The molecule has 2 aromatic carbocycles. The number of benzene rings is 2. The average Bonchev–Trinajstić information content (AvgIpc) is 2.49. The molecule has 0 aliphatic heterocycles. The fourth-order valence-corrected chi connectivity index (χ4v) is 2.02. The molecular weight excluding hydrogens is 248 g/mol. The van der Waals surface area contributed by atoms with E-state index in [4.69, 9.17) is 4.74 Å². The Labute approximate surface area is 119 Å². The molecule has 0 aliphatic rings. The quantitative estimate of drug-likeness (QED) is 0.748. The molecule has 2 heteroatoms. The van der Waals surface area contributed by atoms with Gasteiger partial charge < -0.3 is 4.74 Å². The Hall–Kier alpha value is -2.19. The zero-order valence-electron chi connectivity index (χ0n) is 11.6. The molecule has 0 saturated heterocycles. The number of carbonyl (C=O) groups excluding carboxylic acids is 1. The molecule has 102 valence electrons. The Morgan fingerprint density at radius 2 is 1.60 bits per heavy atom. The van der Waals surface area contributed by atoms with Crippen LogP contribution in [0.2, 0.25) is 0 Å². The van der Waals surface area contributed by atoms with Gasteiger partial charge in [0, 0.05) is 19.1 Å². The molecule has 0 aromatic heterocycles. The highest BCUT2D eigenvalue weighted by molar-refractivity contribution is 6.00. The van der Waals surface area contributed by atoms with Crippen molar-refractivity contribution in [3.05, 3.63) is 77.4 Å². The molecule has 0 amide bonds. The summed E-state index contributed by atoms with van der Waals surface area (Å²) in [5.41, 5.74) is 2.92. The molecule has 20 heavy (non-hydrogen) atoms. The van der Waals surface area contributed by atoms with Crippen LogP contribution in [0.4, 0.5) is 0 Å². The number of rotatable bonds is 6. The molecule has 0 heterocycles. The first-order chi connectivity index (χ1) is 9.79. The highest BCUT2D eigenvalue weighted by Crippen LogP contribution is 2.14. The number of hydrogen-bond donors (Lipinski definition) is 0. The van der Waals surface area contributed by atoms with E-state index in [1.807, 2.05) is 66.7 Å². The van der Waals surface area contributed by atoms with E-state index in [0.29, 0.717) is 6.42 Å². The molecular formula is C18H18O2. The van der Waals surface area contributed by atoms with Gasteiger partial charge in [0.25, 0.3) is 0 Å². The second-order valence-electron chi connectivity index (χ2n) is 4.60. The average molecular weight is 266 g/mol. The molecule has 0 unspecified atom stereocenters. The first-order valence-corrected chi connectivity index (χ1v) is 6.61. The fraction of sp³-hybridized carbons (Fsp3) is 0.167. The first kappa shape index (κ1) is 14.2. The largest absolute Gasteiger partial charge is 0.377 e. The van der Waals surface area contributed by atoms with Gasteiger partial charge in [0.1, 0.15) is 6.61 Å². The van der Waals surface area contributed by atoms with Crippen LogP contribution in [0.15, 0.2) is 66.2 Å². The van der Waals surface area contributed by atoms with E-state index in [1.165, 1.54) is 0 Å². The SMILES string of the molecule is COCC(=O)C(=Cc1ccccc1)Cc1ccccc1. The predicted molar refractivity (Wildman–Crippen MR) is 81.4 cm³/mol. The molecule has 0 radical (unpaired) electrons. The maximum absolute atomic E-state index is 12.2. The minimum atomic E-state index is 0.0280. The van der Waals surface area contributed by atoms with Crippen molar-refractivity contribution in [1.82, 2.24) is 0 Å². The molecule has 2 nitrogen and oxygen atoms in total. The zero-order chi connectivity index (χ0) is 14.2. The molecule has 0 bridgehead atoms. The smallest absolute Gasteiger partial charge is 0.184 e. The first-order valence-electron chi connectivity index (χ1n) is 6.61. The fourth-order valence-electron chi connectivity index (χ4n) is 2.02. The molecule has 2 aromatic rings. The lowest BCUT2D eigenvalue weighted by Crippen LogP contribution is -2.11. The van der Waals surface area contributed by atoms with E-state index >= 15 is 0 Å². The second kappa shape index (κ2) is 7.41. The summed E-state index contributed by atoms with van der Waals surface area (Å²) in [5, 5.41) is 0. The second-order valence-corrected chi connectivity index (χ2v) is 4.60. The van der Waals surface area contributed by atoms with Crippen molar-refractivity contribution in [2.45, 2.75) is 6.42 Å². The van der Waals surface area contributed by atoms with Gasteiger partial charge in [0.15, 0.2) is 5.78 Å². The van der Waals surface area contributed by atoms with Crippen molar-refractivity contribution in [3.63, 3.8) is 0 Å². The van der Waals surface area contributed by atoms with Gasteiger partial charge in [-0.25, -0.2) is 0 Å². The van der Waals surface area contributed by atoms with Crippen LogP contribution in [0.5, 0.6) is 0 Å². The van der Waals surface area contributed by atoms with Gasteiger partial charge in [-0.15, -0.1) is 0 Å². The van der Waals surface area contributed by atoms with Crippen LogP contribution in [0.25, 0.3) is 6.08 Å². The molecule has 0 atom stereocenters. The van der Waals surface area contributed by atoms with E-state index in [-0.39, 0.29) is 12.4 Å². The van der Waals surface area contributed by atoms with Crippen molar-refractivity contribution in [2.24, 2.45) is 0 Å². The number of ketones is 1. The zero-order valence-corrected chi connectivity index (χ0v) is 11.6. The Balaban J connectivity index is 2.25. The summed E-state index contributed by atoms with van der Waals surface area (Å²) in [5.74, 6) is 0.0280. The maximum Gasteiger partial charge on any atom is 0.184 e. The van der Waals surface area contributed by atoms with Gasteiger partial charge in [-0.2, -0.15) is 0 Å². The summed E-state index contributed by atoms with van der Waals surface area (Å²) in [6.07, 6.45) is 2.56. The number of hydrogen-bond acceptors (Lipinski definition) is 2. The van der Waals surface area contributed by atoms with Crippen molar-refractivity contribution in [1.29, 1.82) is 0 Å². The van der Waals surface area contributed by atoms with Crippen LogP contribution >= 0.6 is 0 Å². The summed E-state index contributed by atoms with van der Waals surface area (Å²) in [7, 11) is 1.54. The predicted octanol–water partition coefficient (Wildman–Crippen LogP) is 3.53. The Morgan fingerprint density at radius 1 is 1.00 bits per heavy atom. The number of ether oxygens (including phenoxy) is 1. The molecule has 2 rings (SSSR count). The molecule has 0 saturated carbocycles. The minimum Gasteiger partial charge on any atom is -0.377 e. The third kappa shape index (κ3) is 4.18. The topological polar surface area (TPSA) is 26.3 Å². The van der Waals surface area contributed by atoms with Crippen LogP contribution in [0.1, 0.15) is 11.1 Å². The minimum absolute atomic E-state index is 0.0280. The van der Waals surface area contributed by atoms with Gasteiger partial charge in [0.05, 0.1) is 0 Å². The summed E-state index contributed by atoms with van der Waals surface area (Å²) in [6.45, 7) is 0.117. The van der Waals surface area contributed by atoms with E-state index in [2.05, 4.69) is 0 Å². The Morgan fingerprint density at radius 3 is 2.20 bits per heavy atom.